The van der Waals surface area contributed by atoms with Crippen LogP contribution in [-0.2, 0) is 4.79 Å². The molecule has 0 fully saturated rings. The first kappa shape index (κ1) is 26.8. The highest BCUT2D eigenvalue weighted by Gasteiger charge is 2.00. The molecule has 22 heavy (non-hydrogen) atoms. The zero-order valence-electron chi connectivity index (χ0n) is 14.4. The van der Waals surface area contributed by atoms with E-state index in [1.807, 2.05) is 0 Å². The van der Waals surface area contributed by atoms with Gasteiger partial charge in [0, 0.05) is 13.0 Å². The van der Waals surface area contributed by atoms with Gasteiger partial charge in [-0.05, 0) is 46.4 Å². The van der Waals surface area contributed by atoms with E-state index in [9.17, 15) is 4.79 Å². The van der Waals surface area contributed by atoms with Crippen molar-refractivity contribution in [2.75, 3.05) is 33.7 Å². The Hall–Kier alpha value is -0.0300. The Labute approximate surface area is 149 Å². The number of halogens is 2. The molecule has 0 rings (SSSR count). The van der Waals surface area contributed by atoms with Gasteiger partial charge in [-0.25, -0.2) is 0 Å². The molecule has 0 saturated heterocycles. The van der Waals surface area contributed by atoms with Crippen LogP contribution in [0.2, 0.25) is 0 Å². The first-order chi connectivity index (χ1) is 9.66. The molecule has 136 valence electrons. The van der Waals surface area contributed by atoms with Crippen LogP contribution in [0.1, 0.15) is 64.2 Å². The average Bonchev–Trinajstić information content (AvgIpc) is 2.41. The number of carbonyl (C=O) groups excluding carboxylic acids is 1. The second kappa shape index (κ2) is 21.0. The Morgan fingerprint density at radius 2 is 1.36 bits per heavy atom. The van der Waals surface area contributed by atoms with Crippen LogP contribution >= 0.6 is 24.8 Å². The third-order valence-electron chi connectivity index (χ3n) is 3.46. The molecular formula is C16H37Cl2N3O. The molecule has 0 heterocycles. The van der Waals surface area contributed by atoms with Gasteiger partial charge in [0.25, 0.3) is 0 Å². The van der Waals surface area contributed by atoms with Crippen LogP contribution in [0.4, 0.5) is 0 Å². The number of nitrogens with two attached hydrogens (primary N) is 1. The molecule has 0 radical (unpaired) electrons. The highest BCUT2D eigenvalue weighted by Crippen LogP contribution is 2.09. The molecule has 0 aromatic heterocycles. The quantitative estimate of drug-likeness (QED) is 0.468. The summed E-state index contributed by atoms with van der Waals surface area (Å²) in [5, 5.41) is 2.99. The maximum Gasteiger partial charge on any atom is 0.219 e. The Balaban J connectivity index is -0.00000180. The van der Waals surface area contributed by atoms with Crippen molar-refractivity contribution in [1.29, 1.82) is 0 Å². The average molecular weight is 358 g/mol. The second-order valence-electron chi connectivity index (χ2n) is 5.87. The predicted octanol–water partition coefficient (Wildman–Crippen LogP) is 3.37. The molecule has 0 spiro atoms. The SMILES string of the molecule is CN(C)CCCNC(=O)CCCCCCCCCCN.Cl.Cl. The number of amides is 1. The molecule has 0 aliphatic heterocycles. The summed E-state index contributed by atoms with van der Waals surface area (Å²) in [6.07, 6.45) is 11.5. The van der Waals surface area contributed by atoms with Gasteiger partial charge in [0.1, 0.15) is 0 Å². The van der Waals surface area contributed by atoms with Crippen LogP contribution in [0.5, 0.6) is 0 Å². The molecule has 0 aliphatic rings. The lowest BCUT2D eigenvalue weighted by Gasteiger charge is -2.09. The molecule has 0 aliphatic carbocycles. The summed E-state index contributed by atoms with van der Waals surface area (Å²) in [6, 6.07) is 0. The van der Waals surface area contributed by atoms with Crippen molar-refractivity contribution in [1.82, 2.24) is 10.2 Å². The fourth-order valence-corrected chi connectivity index (χ4v) is 2.20. The van der Waals surface area contributed by atoms with Crippen LogP contribution in [0, 0.1) is 0 Å². The maximum absolute atomic E-state index is 11.6. The molecule has 0 saturated carbocycles. The summed E-state index contributed by atoms with van der Waals surface area (Å²) < 4.78 is 0. The minimum absolute atomic E-state index is 0. The number of rotatable bonds is 14. The van der Waals surface area contributed by atoms with E-state index in [1.54, 1.807) is 0 Å². The molecule has 0 aromatic rings. The lowest BCUT2D eigenvalue weighted by molar-refractivity contribution is -0.121. The highest BCUT2D eigenvalue weighted by atomic mass is 35.5. The molecule has 1 amide bonds. The van der Waals surface area contributed by atoms with E-state index < -0.39 is 0 Å². The lowest BCUT2D eigenvalue weighted by Crippen LogP contribution is -2.26. The maximum atomic E-state index is 11.6. The van der Waals surface area contributed by atoms with Gasteiger partial charge in [0.05, 0.1) is 0 Å². The number of hydrogen-bond acceptors (Lipinski definition) is 3. The van der Waals surface area contributed by atoms with Crippen molar-refractivity contribution >= 4 is 30.7 Å². The van der Waals surface area contributed by atoms with Crippen LogP contribution in [-0.4, -0.2) is 44.5 Å². The smallest absolute Gasteiger partial charge is 0.219 e. The fourth-order valence-electron chi connectivity index (χ4n) is 2.20. The minimum Gasteiger partial charge on any atom is -0.356 e. The molecule has 0 unspecified atom stereocenters. The standard InChI is InChI=1S/C16H35N3O.2ClH/c1-19(2)15-11-14-18-16(20)12-9-7-5-3-4-6-8-10-13-17;;/h3-15,17H2,1-2H3,(H,18,20);2*1H. The molecule has 0 bridgehead atoms. The lowest BCUT2D eigenvalue weighted by atomic mass is 10.1. The van der Waals surface area contributed by atoms with E-state index in [1.165, 1.54) is 38.5 Å². The fraction of sp³-hybridized carbons (Fsp3) is 0.938. The van der Waals surface area contributed by atoms with Gasteiger partial charge in [-0.2, -0.15) is 0 Å². The Morgan fingerprint density at radius 3 is 1.86 bits per heavy atom. The van der Waals surface area contributed by atoms with Gasteiger partial charge in [0.2, 0.25) is 5.91 Å². The van der Waals surface area contributed by atoms with Crippen LogP contribution < -0.4 is 11.1 Å². The predicted molar refractivity (Wildman–Crippen MR) is 101 cm³/mol. The van der Waals surface area contributed by atoms with Gasteiger partial charge in [-0.3, -0.25) is 4.79 Å². The Kier molecular flexibility index (Phi) is 25.6. The highest BCUT2D eigenvalue weighted by molar-refractivity contribution is 5.85. The zero-order chi connectivity index (χ0) is 15.1. The van der Waals surface area contributed by atoms with Gasteiger partial charge in [0.15, 0.2) is 0 Å². The van der Waals surface area contributed by atoms with Crippen molar-refractivity contribution in [3.63, 3.8) is 0 Å². The summed E-state index contributed by atoms with van der Waals surface area (Å²) >= 11 is 0. The van der Waals surface area contributed by atoms with Crippen molar-refractivity contribution in [3.8, 4) is 0 Å². The molecule has 3 N–H and O–H groups in total. The third kappa shape index (κ3) is 22.3. The summed E-state index contributed by atoms with van der Waals surface area (Å²) in [7, 11) is 4.11. The zero-order valence-corrected chi connectivity index (χ0v) is 16.1. The summed E-state index contributed by atoms with van der Waals surface area (Å²) in [6.45, 7) is 2.66. The summed E-state index contributed by atoms with van der Waals surface area (Å²) in [5.74, 6) is 0.215. The van der Waals surface area contributed by atoms with E-state index in [0.29, 0.717) is 6.42 Å². The van der Waals surface area contributed by atoms with E-state index in [-0.39, 0.29) is 30.7 Å². The normalized spacial score (nSPS) is 10.0. The van der Waals surface area contributed by atoms with Crippen molar-refractivity contribution in [2.45, 2.75) is 64.2 Å². The number of unbranched alkanes of at least 4 members (excludes halogenated alkanes) is 7. The van der Waals surface area contributed by atoms with Crippen molar-refractivity contribution < 1.29 is 4.79 Å². The number of hydrogen-bond donors (Lipinski definition) is 2. The monoisotopic (exact) mass is 357 g/mol. The summed E-state index contributed by atoms with van der Waals surface area (Å²) in [4.78, 5) is 13.7. The van der Waals surface area contributed by atoms with E-state index in [4.69, 9.17) is 5.73 Å². The second-order valence-corrected chi connectivity index (χ2v) is 5.87. The first-order valence-corrected chi connectivity index (χ1v) is 8.28. The van der Waals surface area contributed by atoms with Crippen molar-refractivity contribution in [3.05, 3.63) is 0 Å². The number of nitrogens with one attached hydrogen (secondary N) is 1. The summed E-state index contributed by atoms with van der Waals surface area (Å²) in [5.41, 5.74) is 5.46. The largest absolute Gasteiger partial charge is 0.356 e. The van der Waals surface area contributed by atoms with Gasteiger partial charge >= 0.3 is 0 Å². The topological polar surface area (TPSA) is 58.4 Å². The molecule has 4 nitrogen and oxygen atoms in total. The molecule has 0 aromatic carbocycles. The Bertz CT molecular complexity index is 229. The van der Waals surface area contributed by atoms with Crippen LogP contribution in [0.25, 0.3) is 0 Å². The van der Waals surface area contributed by atoms with Gasteiger partial charge < -0.3 is 16.0 Å². The third-order valence-corrected chi connectivity index (χ3v) is 3.46. The first-order valence-electron chi connectivity index (χ1n) is 8.28. The van der Waals surface area contributed by atoms with E-state index in [2.05, 4.69) is 24.3 Å². The minimum atomic E-state index is 0. The molecule has 6 heteroatoms. The van der Waals surface area contributed by atoms with Crippen molar-refractivity contribution in [2.24, 2.45) is 5.73 Å². The molecule has 0 atom stereocenters. The van der Waals surface area contributed by atoms with E-state index in [0.717, 1.165) is 38.9 Å². The van der Waals surface area contributed by atoms with Crippen LogP contribution in [0.15, 0.2) is 0 Å². The van der Waals surface area contributed by atoms with E-state index >= 15 is 0 Å². The Morgan fingerprint density at radius 1 is 0.864 bits per heavy atom. The van der Waals surface area contributed by atoms with Crippen LogP contribution in [0.3, 0.4) is 0 Å². The van der Waals surface area contributed by atoms with Gasteiger partial charge in [-0.1, -0.05) is 38.5 Å². The van der Waals surface area contributed by atoms with Gasteiger partial charge in [-0.15, -0.1) is 24.8 Å². The molecular weight excluding hydrogens is 321 g/mol. The number of nitrogens with zero attached hydrogens (tertiary/aromatic N) is 1. The number of carbonyl (C=O) groups is 1.